The topological polar surface area (TPSA) is 247 Å². The number of aliphatic carboxylic acids is 1. The van der Waals surface area contributed by atoms with E-state index < -0.39 is 84.9 Å². The second kappa shape index (κ2) is 21.2. The summed E-state index contributed by atoms with van der Waals surface area (Å²) >= 11 is 0. The number of hydrogen-bond acceptors (Lipinski definition) is 10. The van der Waals surface area contributed by atoms with Crippen LogP contribution in [0.25, 0.3) is 0 Å². The zero-order valence-corrected chi connectivity index (χ0v) is 33.1. The minimum Gasteiger partial charge on any atom is -0.480 e. The van der Waals surface area contributed by atoms with Gasteiger partial charge in [-0.25, -0.2) is 4.79 Å². The summed E-state index contributed by atoms with van der Waals surface area (Å²) in [6.07, 6.45) is 2.77. The number of carboxylic acid groups (broad SMARTS) is 1. The summed E-state index contributed by atoms with van der Waals surface area (Å²) < 4.78 is 0. The second-order valence-corrected chi connectivity index (χ2v) is 15.0. The minimum absolute atomic E-state index is 0.0134. The summed E-state index contributed by atoms with van der Waals surface area (Å²) in [5.41, 5.74) is 1.36. The lowest BCUT2D eigenvalue weighted by atomic mass is 10.0. The van der Waals surface area contributed by atoms with Crippen LogP contribution in [-0.2, 0) is 51.2 Å². The van der Waals surface area contributed by atoms with Crippen LogP contribution in [0.15, 0.2) is 60.7 Å². The van der Waals surface area contributed by atoms with Gasteiger partial charge in [-0.3, -0.25) is 33.6 Å². The molecule has 5 rings (SSSR count). The third-order valence-corrected chi connectivity index (χ3v) is 10.9. The van der Waals surface area contributed by atoms with Crippen LogP contribution in [0.2, 0.25) is 0 Å². The minimum atomic E-state index is -1.50. The Morgan fingerprint density at radius 1 is 0.644 bits per heavy atom. The molecule has 2 aromatic carbocycles. The zero-order valence-electron chi connectivity index (χ0n) is 33.1. The van der Waals surface area contributed by atoms with Crippen molar-refractivity contribution in [1.82, 2.24) is 41.3 Å². The van der Waals surface area contributed by atoms with Gasteiger partial charge in [0.1, 0.15) is 36.3 Å². The molecule has 0 bridgehead atoms. The zero-order chi connectivity index (χ0) is 42.5. The van der Waals surface area contributed by atoms with Gasteiger partial charge in [0.25, 0.3) is 0 Å². The number of amides is 7. The fourth-order valence-corrected chi connectivity index (χ4v) is 7.94. The summed E-state index contributed by atoms with van der Waals surface area (Å²) in [5.74, 6) is -5.27. The predicted octanol–water partition coefficient (Wildman–Crippen LogP) is -1.69. The van der Waals surface area contributed by atoms with Crippen LogP contribution in [-0.4, -0.2) is 155 Å². The highest BCUT2D eigenvalue weighted by Gasteiger charge is 2.43. The Morgan fingerprint density at radius 2 is 1.19 bits per heavy atom. The quantitative estimate of drug-likeness (QED) is 0.0895. The van der Waals surface area contributed by atoms with Gasteiger partial charge < -0.3 is 51.5 Å². The Balaban J connectivity index is 1.19. The van der Waals surface area contributed by atoms with E-state index in [2.05, 4.69) is 26.6 Å². The van der Waals surface area contributed by atoms with Crippen LogP contribution in [0.5, 0.6) is 0 Å². The number of hydrogen-bond donors (Lipinski definition) is 7. The first-order valence-electron chi connectivity index (χ1n) is 20.1. The van der Waals surface area contributed by atoms with Gasteiger partial charge >= 0.3 is 5.97 Å². The van der Waals surface area contributed by atoms with E-state index in [9.17, 15) is 48.6 Å². The lowest BCUT2D eigenvalue weighted by Gasteiger charge is -2.31. The van der Waals surface area contributed by atoms with Crippen molar-refractivity contribution >= 4 is 47.3 Å². The van der Waals surface area contributed by atoms with Crippen molar-refractivity contribution in [3.63, 3.8) is 0 Å². The van der Waals surface area contributed by atoms with E-state index in [0.29, 0.717) is 56.3 Å². The van der Waals surface area contributed by atoms with Crippen molar-refractivity contribution in [1.29, 1.82) is 0 Å². The number of nitrogens with one attached hydrogen (secondary N) is 5. The van der Waals surface area contributed by atoms with E-state index in [4.69, 9.17) is 0 Å². The summed E-state index contributed by atoms with van der Waals surface area (Å²) in [4.78, 5) is 110. The molecule has 3 aliphatic rings. The van der Waals surface area contributed by atoms with E-state index in [0.717, 1.165) is 0 Å². The SMILES string of the molecule is CNCC(=O)N1CCC[C@H]1C(=O)N1CCC[C@H]1C(=O)NCC(=O)N[C@@H](Cc1ccccc1)C(=O)N[C@@H](CO)C(=O)N1CCC[C@H]1C(=O)N[C@H](Cc1ccccc1)C(=O)O. The van der Waals surface area contributed by atoms with Gasteiger partial charge in [-0.1, -0.05) is 60.7 Å². The van der Waals surface area contributed by atoms with Gasteiger partial charge in [-0.15, -0.1) is 0 Å². The summed E-state index contributed by atoms with van der Waals surface area (Å²) in [7, 11) is 1.65. The van der Waals surface area contributed by atoms with Gasteiger partial charge in [-0.2, -0.15) is 0 Å². The lowest BCUT2D eigenvalue weighted by Crippen LogP contribution is -2.59. The maximum absolute atomic E-state index is 13.8. The molecule has 59 heavy (non-hydrogen) atoms. The van der Waals surface area contributed by atoms with Crippen LogP contribution >= 0.6 is 0 Å². The first kappa shape index (κ1) is 44.2. The molecule has 0 saturated carbocycles. The van der Waals surface area contributed by atoms with Crippen LogP contribution in [0.3, 0.4) is 0 Å². The van der Waals surface area contributed by atoms with Gasteiger partial charge in [-0.05, 0) is 56.7 Å². The molecule has 6 atom stereocenters. The third-order valence-electron chi connectivity index (χ3n) is 10.9. The Labute approximate surface area is 342 Å². The maximum atomic E-state index is 13.8. The molecule has 3 heterocycles. The average molecular weight is 819 g/mol. The fourth-order valence-electron chi connectivity index (χ4n) is 7.94. The third kappa shape index (κ3) is 11.6. The Kier molecular flexibility index (Phi) is 15.9. The molecule has 0 aliphatic carbocycles. The number of nitrogens with zero attached hydrogens (tertiary/aromatic N) is 3. The maximum Gasteiger partial charge on any atom is 0.326 e. The van der Waals surface area contributed by atoms with E-state index in [-0.39, 0.29) is 44.2 Å². The van der Waals surface area contributed by atoms with E-state index in [1.54, 1.807) is 67.7 Å². The first-order valence-corrected chi connectivity index (χ1v) is 20.1. The second-order valence-electron chi connectivity index (χ2n) is 15.0. The summed E-state index contributed by atoms with van der Waals surface area (Å²) in [6, 6.07) is 10.9. The van der Waals surface area contributed by atoms with E-state index in [1.165, 1.54) is 14.7 Å². The van der Waals surface area contributed by atoms with Crippen LogP contribution in [0.1, 0.15) is 49.7 Å². The number of benzene rings is 2. The summed E-state index contributed by atoms with van der Waals surface area (Å²) in [6.45, 7) is -0.359. The van der Waals surface area contributed by atoms with Gasteiger partial charge in [0.15, 0.2) is 0 Å². The van der Waals surface area contributed by atoms with Gasteiger partial charge in [0.05, 0.1) is 19.7 Å². The standard InChI is InChI=1S/C41H54N8O10/c1-42-24-35(52)47-18-10-17-33(47)40(57)49-20-8-15-31(49)37(54)43-23-34(51)44-28(21-26-11-4-2-5-12-26)36(53)46-30(25-50)39(56)48-19-9-16-32(48)38(55)45-29(41(58)59)22-27-13-6-3-7-14-27/h2-7,11-14,28-33,42,50H,8-10,15-25H2,1H3,(H,43,54)(H,44,51)(H,45,55)(H,46,53)(H,58,59)/t28-,29+,30-,31-,32-,33-/m0/s1. The molecule has 3 saturated heterocycles. The highest BCUT2D eigenvalue weighted by molar-refractivity contribution is 5.97. The largest absolute Gasteiger partial charge is 0.480 e. The van der Waals surface area contributed by atoms with Crippen molar-refractivity contribution in [3.8, 4) is 0 Å². The number of likely N-dealkylation sites (N-methyl/N-ethyl adjacent to an activating group) is 1. The predicted molar refractivity (Wildman–Crippen MR) is 212 cm³/mol. The van der Waals surface area contributed by atoms with Crippen LogP contribution in [0, 0.1) is 0 Å². The highest BCUT2D eigenvalue weighted by atomic mass is 16.4. The smallest absolute Gasteiger partial charge is 0.326 e. The van der Waals surface area contributed by atoms with Gasteiger partial charge in [0.2, 0.25) is 41.4 Å². The fraction of sp³-hybridized carbons (Fsp3) is 0.512. The molecule has 3 aliphatic heterocycles. The Bertz CT molecular complexity index is 1830. The van der Waals surface area contributed by atoms with Crippen LogP contribution < -0.4 is 26.6 Å². The summed E-state index contributed by atoms with van der Waals surface area (Å²) in [5, 5.41) is 33.1. The molecular weight excluding hydrogens is 764 g/mol. The molecular formula is C41H54N8O10. The van der Waals surface area contributed by atoms with Crippen molar-refractivity contribution in [3.05, 3.63) is 71.8 Å². The molecule has 0 unspecified atom stereocenters. The molecule has 7 amide bonds. The van der Waals surface area contributed by atoms with Crippen LogP contribution in [0.4, 0.5) is 0 Å². The Hall–Kier alpha value is -5.88. The molecule has 0 radical (unpaired) electrons. The molecule has 18 nitrogen and oxygen atoms in total. The van der Waals surface area contributed by atoms with Crippen molar-refractivity contribution < 1.29 is 48.6 Å². The van der Waals surface area contributed by atoms with Gasteiger partial charge in [0, 0.05) is 32.5 Å². The normalized spacial score (nSPS) is 20.3. The molecule has 318 valence electrons. The highest BCUT2D eigenvalue weighted by Crippen LogP contribution is 2.25. The van der Waals surface area contributed by atoms with Crippen molar-refractivity contribution in [2.75, 3.05) is 46.4 Å². The number of carbonyl (C=O) groups excluding carboxylic acids is 7. The number of rotatable bonds is 18. The van der Waals surface area contributed by atoms with Crippen molar-refractivity contribution in [2.24, 2.45) is 0 Å². The molecule has 3 fully saturated rings. The average Bonchev–Trinajstić information content (AvgIpc) is 4.04. The Morgan fingerprint density at radius 3 is 1.76 bits per heavy atom. The number of carbonyl (C=O) groups is 8. The molecule has 0 aromatic heterocycles. The monoisotopic (exact) mass is 818 g/mol. The number of aliphatic hydroxyl groups excluding tert-OH is 1. The molecule has 18 heteroatoms. The first-order chi connectivity index (χ1) is 28.4. The number of carboxylic acids is 1. The van der Waals surface area contributed by atoms with E-state index in [1.807, 2.05) is 0 Å². The van der Waals surface area contributed by atoms with E-state index >= 15 is 0 Å². The van der Waals surface area contributed by atoms with Crippen molar-refractivity contribution in [2.45, 2.75) is 87.6 Å². The lowest BCUT2D eigenvalue weighted by molar-refractivity contribution is -0.146. The molecule has 7 N–H and O–H groups in total. The molecule has 0 spiro atoms. The number of likely N-dealkylation sites (tertiary alicyclic amines) is 3. The number of aliphatic hydroxyl groups is 1. The molecule has 2 aromatic rings.